The fourth-order valence-corrected chi connectivity index (χ4v) is 3.05. The van der Waals surface area contributed by atoms with Crippen LogP contribution in [0.1, 0.15) is 35.5 Å². The van der Waals surface area contributed by atoms with Crippen LogP contribution in [0, 0.1) is 0 Å². The molecule has 25 heavy (non-hydrogen) atoms. The number of aryl methyl sites for hydroxylation is 1. The zero-order valence-electron chi connectivity index (χ0n) is 14.1. The van der Waals surface area contributed by atoms with E-state index in [1.807, 2.05) is 31.2 Å². The molecule has 0 fully saturated rings. The first kappa shape index (κ1) is 17.0. The number of carbonyl (C=O) groups excluding carboxylic acids is 1. The third-order valence-corrected chi connectivity index (χ3v) is 4.66. The predicted octanol–water partition coefficient (Wildman–Crippen LogP) is 3.92. The van der Waals surface area contributed by atoms with Gasteiger partial charge in [0.1, 0.15) is 10.7 Å². The van der Waals surface area contributed by atoms with Crippen LogP contribution in [0.5, 0.6) is 0 Å². The van der Waals surface area contributed by atoms with Gasteiger partial charge in [-0.25, -0.2) is 10.4 Å². The fraction of sp³-hybridized carbons (Fsp3) is 0.158. The summed E-state index contributed by atoms with van der Waals surface area (Å²) in [6, 6.07) is 11.9. The number of carbonyl (C=O) groups is 1. The highest BCUT2D eigenvalue weighted by atomic mass is 32.1. The summed E-state index contributed by atoms with van der Waals surface area (Å²) in [5.74, 6) is -0.318. The summed E-state index contributed by atoms with van der Waals surface area (Å²) in [4.78, 5) is 20.6. The van der Waals surface area contributed by atoms with Crippen molar-refractivity contribution in [3.63, 3.8) is 0 Å². The highest BCUT2D eigenvalue weighted by molar-refractivity contribution is 7.13. The number of pyridine rings is 1. The Bertz CT molecular complexity index is 885. The molecular formula is C19H18N4OS. The Hall–Kier alpha value is -2.86. The molecule has 0 radical (unpaired) electrons. The van der Waals surface area contributed by atoms with Crippen molar-refractivity contribution >= 4 is 23.0 Å². The maximum atomic E-state index is 12.2. The Morgan fingerprint density at radius 2 is 1.88 bits per heavy atom. The molecule has 0 aliphatic heterocycles. The van der Waals surface area contributed by atoms with Crippen LogP contribution in [0.15, 0.2) is 59.3 Å². The molecule has 3 rings (SSSR count). The van der Waals surface area contributed by atoms with Crippen LogP contribution in [0.4, 0.5) is 0 Å². The molecule has 0 bridgehead atoms. The maximum absolute atomic E-state index is 12.2. The van der Waals surface area contributed by atoms with Gasteiger partial charge in [0.25, 0.3) is 5.91 Å². The van der Waals surface area contributed by atoms with Gasteiger partial charge < -0.3 is 0 Å². The second-order valence-electron chi connectivity index (χ2n) is 5.46. The number of amides is 1. The van der Waals surface area contributed by atoms with Crippen LogP contribution >= 0.6 is 11.3 Å². The van der Waals surface area contributed by atoms with E-state index in [9.17, 15) is 4.79 Å². The Morgan fingerprint density at radius 1 is 1.16 bits per heavy atom. The summed E-state index contributed by atoms with van der Waals surface area (Å²) in [5, 5.41) is 6.70. The number of thiazole rings is 1. The first-order valence-electron chi connectivity index (χ1n) is 7.97. The van der Waals surface area contributed by atoms with Crippen molar-refractivity contribution < 1.29 is 4.79 Å². The van der Waals surface area contributed by atoms with E-state index < -0.39 is 0 Å². The third kappa shape index (κ3) is 4.16. The number of benzene rings is 1. The number of hydrazone groups is 1. The van der Waals surface area contributed by atoms with Crippen molar-refractivity contribution in [2.45, 2.75) is 20.3 Å². The fourth-order valence-electron chi connectivity index (χ4n) is 2.24. The maximum Gasteiger partial charge on any atom is 0.290 e. The molecule has 0 saturated carbocycles. The summed E-state index contributed by atoms with van der Waals surface area (Å²) in [7, 11) is 0. The lowest BCUT2D eigenvalue weighted by molar-refractivity contribution is 0.0950. The predicted molar refractivity (Wildman–Crippen MR) is 101 cm³/mol. The van der Waals surface area contributed by atoms with Gasteiger partial charge in [-0.05, 0) is 31.0 Å². The smallest absolute Gasteiger partial charge is 0.266 e. The van der Waals surface area contributed by atoms with Crippen LogP contribution in [0.3, 0.4) is 0 Å². The molecule has 1 aromatic carbocycles. The van der Waals surface area contributed by atoms with Crippen molar-refractivity contribution in [3.8, 4) is 10.6 Å². The molecule has 3 aromatic rings. The van der Waals surface area contributed by atoms with Crippen LogP contribution in [-0.2, 0) is 6.42 Å². The van der Waals surface area contributed by atoms with Gasteiger partial charge in [0.15, 0.2) is 0 Å². The van der Waals surface area contributed by atoms with Gasteiger partial charge in [-0.15, -0.1) is 11.3 Å². The Morgan fingerprint density at radius 3 is 2.56 bits per heavy atom. The van der Waals surface area contributed by atoms with Gasteiger partial charge in [0.2, 0.25) is 0 Å². The normalized spacial score (nSPS) is 11.4. The summed E-state index contributed by atoms with van der Waals surface area (Å²) < 4.78 is 0. The first-order valence-corrected chi connectivity index (χ1v) is 8.85. The van der Waals surface area contributed by atoms with E-state index in [2.05, 4.69) is 39.6 Å². The van der Waals surface area contributed by atoms with Crippen molar-refractivity contribution in [3.05, 3.63) is 71.0 Å². The minimum atomic E-state index is -0.318. The number of hydrogen-bond acceptors (Lipinski definition) is 5. The highest BCUT2D eigenvalue weighted by Gasteiger charge is 2.11. The standard InChI is InChI=1S/C19H18N4OS/c1-3-14-4-6-16(7-5-14)19-21-17(12-25-19)18(24)23-22-13(2)15-8-10-20-11-9-15/h4-12H,3H2,1-2H3,(H,23,24)/b22-13-. The molecule has 0 aliphatic rings. The Balaban J connectivity index is 1.70. The Labute approximate surface area is 150 Å². The van der Waals surface area contributed by atoms with Crippen molar-refractivity contribution in [2.75, 3.05) is 0 Å². The lowest BCUT2D eigenvalue weighted by Crippen LogP contribution is -2.19. The summed E-state index contributed by atoms with van der Waals surface area (Å²) in [5.41, 5.74) is 6.83. The lowest BCUT2D eigenvalue weighted by atomic mass is 10.1. The molecule has 126 valence electrons. The van der Waals surface area contributed by atoms with Gasteiger partial charge >= 0.3 is 0 Å². The third-order valence-electron chi connectivity index (χ3n) is 3.77. The minimum Gasteiger partial charge on any atom is -0.266 e. The number of hydrogen-bond donors (Lipinski definition) is 1. The summed E-state index contributed by atoms with van der Waals surface area (Å²) in [6.07, 6.45) is 4.38. The quantitative estimate of drug-likeness (QED) is 0.560. The second kappa shape index (κ2) is 7.81. The van der Waals surface area contributed by atoms with E-state index in [0.717, 1.165) is 22.6 Å². The van der Waals surface area contributed by atoms with E-state index in [1.54, 1.807) is 17.8 Å². The molecule has 5 nitrogen and oxygen atoms in total. The average Bonchev–Trinajstić information content (AvgIpc) is 3.17. The summed E-state index contributed by atoms with van der Waals surface area (Å²) in [6.45, 7) is 3.95. The SMILES string of the molecule is CCc1ccc(-c2nc(C(=O)N/N=C(/C)c3ccncc3)cs2)cc1. The molecule has 2 heterocycles. The van der Waals surface area contributed by atoms with Gasteiger partial charge in [-0.1, -0.05) is 31.2 Å². The van der Waals surface area contributed by atoms with Crippen LogP contribution < -0.4 is 5.43 Å². The molecule has 1 N–H and O–H groups in total. The van der Waals surface area contributed by atoms with Crippen LogP contribution in [0.25, 0.3) is 10.6 Å². The van der Waals surface area contributed by atoms with Gasteiger partial charge in [0.05, 0.1) is 5.71 Å². The molecule has 6 heteroatoms. The number of aromatic nitrogens is 2. The topological polar surface area (TPSA) is 67.2 Å². The molecule has 1 amide bonds. The molecule has 0 spiro atoms. The monoisotopic (exact) mass is 350 g/mol. The highest BCUT2D eigenvalue weighted by Crippen LogP contribution is 2.24. The second-order valence-corrected chi connectivity index (χ2v) is 6.32. The van der Waals surface area contributed by atoms with Crippen molar-refractivity contribution in [1.29, 1.82) is 0 Å². The minimum absolute atomic E-state index is 0.318. The molecule has 0 atom stereocenters. The average molecular weight is 350 g/mol. The number of rotatable bonds is 5. The summed E-state index contributed by atoms with van der Waals surface area (Å²) >= 11 is 1.45. The van der Waals surface area contributed by atoms with E-state index in [4.69, 9.17) is 0 Å². The molecule has 0 saturated heterocycles. The van der Waals surface area contributed by atoms with Crippen LogP contribution in [-0.4, -0.2) is 21.6 Å². The molecule has 2 aromatic heterocycles. The molecule has 0 unspecified atom stereocenters. The van der Waals surface area contributed by atoms with E-state index in [-0.39, 0.29) is 5.91 Å². The zero-order valence-corrected chi connectivity index (χ0v) is 14.9. The van der Waals surface area contributed by atoms with Gasteiger partial charge in [-0.2, -0.15) is 5.10 Å². The van der Waals surface area contributed by atoms with Crippen molar-refractivity contribution in [1.82, 2.24) is 15.4 Å². The van der Waals surface area contributed by atoms with E-state index in [1.165, 1.54) is 16.9 Å². The zero-order chi connectivity index (χ0) is 17.6. The first-order chi connectivity index (χ1) is 12.2. The largest absolute Gasteiger partial charge is 0.290 e. The Kier molecular flexibility index (Phi) is 5.30. The van der Waals surface area contributed by atoms with E-state index >= 15 is 0 Å². The number of nitrogens with one attached hydrogen (secondary N) is 1. The lowest BCUT2D eigenvalue weighted by Gasteiger charge is -2.01. The van der Waals surface area contributed by atoms with Crippen LogP contribution in [0.2, 0.25) is 0 Å². The van der Waals surface area contributed by atoms with Gasteiger partial charge in [0, 0.05) is 28.9 Å². The van der Waals surface area contributed by atoms with Gasteiger partial charge in [-0.3, -0.25) is 9.78 Å². The molecular weight excluding hydrogens is 332 g/mol. The van der Waals surface area contributed by atoms with Crippen molar-refractivity contribution in [2.24, 2.45) is 5.10 Å². The number of nitrogens with zero attached hydrogens (tertiary/aromatic N) is 3. The van der Waals surface area contributed by atoms with E-state index in [0.29, 0.717) is 11.4 Å². The molecule has 0 aliphatic carbocycles.